The van der Waals surface area contributed by atoms with Crippen molar-refractivity contribution >= 4 is 17.2 Å². The second-order valence-electron chi connectivity index (χ2n) is 5.59. The van der Waals surface area contributed by atoms with Gasteiger partial charge in [0, 0.05) is 5.56 Å². The second-order valence-corrected chi connectivity index (χ2v) is 6.50. The molecule has 2 aromatic carbocycles. The maximum atomic E-state index is 12.8. The van der Waals surface area contributed by atoms with Crippen LogP contribution >= 0.6 is 11.3 Å². The molecule has 1 amide bonds. The Labute approximate surface area is 150 Å². The van der Waals surface area contributed by atoms with Gasteiger partial charge in [-0.2, -0.15) is 0 Å². The molecule has 25 heavy (non-hydrogen) atoms. The molecule has 3 nitrogen and oxygen atoms in total. The number of halogens is 1. The van der Waals surface area contributed by atoms with Gasteiger partial charge in [0.25, 0.3) is 5.91 Å². The fourth-order valence-electron chi connectivity index (χ4n) is 2.39. The van der Waals surface area contributed by atoms with E-state index in [0.29, 0.717) is 23.8 Å². The summed E-state index contributed by atoms with van der Waals surface area (Å²) in [5.41, 5.74) is 3.14. The summed E-state index contributed by atoms with van der Waals surface area (Å²) < 4.78 is 18.3. The molecule has 128 valence electrons. The molecule has 0 aliphatic rings. The van der Waals surface area contributed by atoms with Crippen LogP contribution in [0.4, 0.5) is 4.39 Å². The first-order valence-electron chi connectivity index (χ1n) is 7.94. The predicted molar refractivity (Wildman–Crippen MR) is 98.7 cm³/mol. The Bertz CT molecular complexity index is 841. The zero-order valence-corrected chi connectivity index (χ0v) is 14.6. The number of hydrogen-bond donors (Lipinski definition) is 1. The first kappa shape index (κ1) is 17.2. The maximum absolute atomic E-state index is 12.8. The topological polar surface area (TPSA) is 38.3 Å². The highest BCUT2D eigenvalue weighted by Gasteiger charge is 2.14. The molecule has 0 saturated heterocycles. The lowest BCUT2D eigenvalue weighted by molar-refractivity contribution is 0.0951. The van der Waals surface area contributed by atoms with Gasteiger partial charge in [-0.15, -0.1) is 11.3 Å². The van der Waals surface area contributed by atoms with Crippen molar-refractivity contribution in [3.8, 4) is 16.9 Å². The van der Waals surface area contributed by atoms with Crippen LogP contribution in [0.15, 0.2) is 60.0 Å². The van der Waals surface area contributed by atoms with Gasteiger partial charge in [0.2, 0.25) is 0 Å². The molecule has 0 fully saturated rings. The minimum Gasteiger partial charge on any atom is -0.492 e. The Kier molecular flexibility index (Phi) is 5.46. The lowest BCUT2D eigenvalue weighted by Gasteiger charge is -2.08. The molecular weight excluding hydrogens is 337 g/mol. The third kappa shape index (κ3) is 4.45. The van der Waals surface area contributed by atoms with Crippen LogP contribution in [0.2, 0.25) is 0 Å². The molecule has 0 atom stereocenters. The minimum absolute atomic E-state index is 0.117. The van der Waals surface area contributed by atoms with E-state index in [1.54, 1.807) is 12.1 Å². The highest BCUT2D eigenvalue weighted by molar-refractivity contribution is 7.12. The van der Waals surface area contributed by atoms with Crippen molar-refractivity contribution in [1.82, 2.24) is 5.32 Å². The molecule has 0 saturated carbocycles. The van der Waals surface area contributed by atoms with E-state index < -0.39 is 0 Å². The van der Waals surface area contributed by atoms with Crippen molar-refractivity contribution in [2.75, 3.05) is 13.2 Å². The summed E-state index contributed by atoms with van der Waals surface area (Å²) in [5, 5.41) is 4.78. The summed E-state index contributed by atoms with van der Waals surface area (Å²) >= 11 is 1.42. The molecule has 3 rings (SSSR count). The van der Waals surface area contributed by atoms with Crippen LogP contribution < -0.4 is 10.1 Å². The van der Waals surface area contributed by atoms with Crippen molar-refractivity contribution in [2.24, 2.45) is 0 Å². The summed E-state index contributed by atoms with van der Waals surface area (Å²) in [6.07, 6.45) is 0. The summed E-state index contributed by atoms with van der Waals surface area (Å²) in [5.74, 6) is 0.155. The van der Waals surface area contributed by atoms with E-state index in [1.807, 2.05) is 42.6 Å². The van der Waals surface area contributed by atoms with Gasteiger partial charge in [-0.1, -0.05) is 29.8 Å². The van der Waals surface area contributed by atoms with E-state index in [2.05, 4.69) is 5.32 Å². The Morgan fingerprint density at radius 2 is 1.80 bits per heavy atom. The Morgan fingerprint density at radius 1 is 1.08 bits per heavy atom. The van der Waals surface area contributed by atoms with Crippen LogP contribution in [0.5, 0.6) is 5.75 Å². The van der Waals surface area contributed by atoms with Crippen LogP contribution in [0.1, 0.15) is 15.2 Å². The Hall–Kier alpha value is -2.66. The van der Waals surface area contributed by atoms with Gasteiger partial charge in [0.1, 0.15) is 18.2 Å². The monoisotopic (exact) mass is 355 g/mol. The molecule has 0 unspecified atom stereocenters. The largest absolute Gasteiger partial charge is 0.492 e. The van der Waals surface area contributed by atoms with E-state index in [0.717, 1.165) is 11.1 Å². The number of rotatable bonds is 6. The van der Waals surface area contributed by atoms with E-state index in [9.17, 15) is 9.18 Å². The number of thiophene rings is 1. The highest BCUT2D eigenvalue weighted by Crippen LogP contribution is 2.28. The van der Waals surface area contributed by atoms with Crippen molar-refractivity contribution in [3.63, 3.8) is 0 Å². The SMILES string of the molecule is Cc1ccc(-c2ccsc2C(=O)NCCOc2ccc(F)cc2)cc1. The third-order valence-corrected chi connectivity index (χ3v) is 4.62. The van der Waals surface area contributed by atoms with Gasteiger partial charge in [0.15, 0.2) is 0 Å². The molecule has 0 aliphatic heterocycles. The van der Waals surface area contributed by atoms with Gasteiger partial charge in [-0.3, -0.25) is 4.79 Å². The molecule has 0 spiro atoms. The average molecular weight is 355 g/mol. The van der Waals surface area contributed by atoms with Gasteiger partial charge in [-0.25, -0.2) is 4.39 Å². The summed E-state index contributed by atoms with van der Waals surface area (Å²) in [6, 6.07) is 15.9. The van der Waals surface area contributed by atoms with Crippen LogP contribution in [-0.2, 0) is 0 Å². The molecule has 1 N–H and O–H groups in total. The zero-order valence-electron chi connectivity index (χ0n) is 13.8. The number of hydrogen-bond acceptors (Lipinski definition) is 3. The normalized spacial score (nSPS) is 10.5. The van der Waals surface area contributed by atoms with E-state index in [4.69, 9.17) is 4.74 Å². The number of carbonyl (C=O) groups excluding carboxylic acids is 1. The van der Waals surface area contributed by atoms with Crippen molar-refractivity contribution in [3.05, 3.63) is 76.2 Å². The molecule has 1 heterocycles. The molecule has 5 heteroatoms. The summed E-state index contributed by atoms with van der Waals surface area (Å²) in [6.45, 7) is 2.73. The fourth-order valence-corrected chi connectivity index (χ4v) is 3.22. The first-order chi connectivity index (χ1) is 12.1. The predicted octanol–water partition coefficient (Wildman–Crippen LogP) is 4.67. The van der Waals surface area contributed by atoms with Gasteiger partial charge in [0.05, 0.1) is 11.4 Å². The Morgan fingerprint density at radius 3 is 2.52 bits per heavy atom. The van der Waals surface area contributed by atoms with Crippen molar-refractivity contribution in [1.29, 1.82) is 0 Å². The highest BCUT2D eigenvalue weighted by atomic mass is 32.1. The zero-order chi connectivity index (χ0) is 17.6. The quantitative estimate of drug-likeness (QED) is 0.653. The fraction of sp³-hybridized carbons (Fsp3) is 0.150. The molecule has 1 aromatic heterocycles. The Balaban J connectivity index is 1.56. The van der Waals surface area contributed by atoms with Crippen LogP contribution in [0.3, 0.4) is 0 Å². The minimum atomic E-state index is -0.304. The number of ether oxygens (including phenoxy) is 1. The van der Waals surface area contributed by atoms with Gasteiger partial charge < -0.3 is 10.1 Å². The molecule has 3 aromatic rings. The van der Waals surface area contributed by atoms with Crippen molar-refractivity contribution < 1.29 is 13.9 Å². The van der Waals surface area contributed by atoms with Crippen LogP contribution in [0, 0.1) is 12.7 Å². The van der Waals surface area contributed by atoms with E-state index in [-0.39, 0.29) is 11.7 Å². The number of carbonyl (C=O) groups is 1. The smallest absolute Gasteiger partial charge is 0.262 e. The van der Waals surface area contributed by atoms with Crippen molar-refractivity contribution in [2.45, 2.75) is 6.92 Å². The number of aryl methyl sites for hydroxylation is 1. The number of nitrogens with one attached hydrogen (secondary N) is 1. The number of amides is 1. The van der Waals surface area contributed by atoms with Crippen LogP contribution in [-0.4, -0.2) is 19.1 Å². The van der Waals surface area contributed by atoms with Gasteiger partial charge >= 0.3 is 0 Å². The molecule has 0 bridgehead atoms. The van der Waals surface area contributed by atoms with Crippen LogP contribution in [0.25, 0.3) is 11.1 Å². The molecule has 0 radical (unpaired) electrons. The summed E-state index contributed by atoms with van der Waals surface area (Å²) in [4.78, 5) is 13.1. The van der Waals surface area contributed by atoms with E-state index in [1.165, 1.54) is 29.0 Å². The van der Waals surface area contributed by atoms with E-state index >= 15 is 0 Å². The molecular formula is C20H18FNO2S. The van der Waals surface area contributed by atoms with Gasteiger partial charge in [-0.05, 0) is 48.2 Å². The standard InChI is InChI=1S/C20H18FNO2S/c1-14-2-4-15(5-3-14)18-10-13-25-19(18)20(23)22-11-12-24-17-8-6-16(21)7-9-17/h2-10,13H,11-12H2,1H3,(H,22,23). The lowest BCUT2D eigenvalue weighted by atomic mass is 10.0. The lowest BCUT2D eigenvalue weighted by Crippen LogP contribution is -2.27. The summed E-state index contributed by atoms with van der Waals surface area (Å²) in [7, 11) is 0. The average Bonchev–Trinajstić information content (AvgIpc) is 3.10. The molecule has 0 aliphatic carbocycles. The first-order valence-corrected chi connectivity index (χ1v) is 8.82. The number of benzene rings is 2. The third-order valence-electron chi connectivity index (χ3n) is 3.70. The maximum Gasteiger partial charge on any atom is 0.262 e. The second kappa shape index (κ2) is 7.94.